The van der Waals surface area contributed by atoms with Crippen LogP contribution in [-0.2, 0) is 14.4 Å². The molecule has 0 bridgehead atoms. The van der Waals surface area contributed by atoms with E-state index in [0.29, 0.717) is 31.6 Å². The number of hydrogen-bond donors (Lipinski definition) is 1. The molecule has 0 unspecified atom stereocenters. The van der Waals surface area contributed by atoms with Gasteiger partial charge >= 0.3 is 5.97 Å². The smallest absolute Gasteiger partial charge is 0.310 e. The van der Waals surface area contributed by atoms with Crippen molar-refractivity contribution in [3.05, 3.63) is 42.5 Å². The van der Waals surface area contributed by atoms with Crippen molar-refractivity contribution >= 4 is 17.7 Å². The zero-order chi connectivity index (χ0) is 24.6. The number of carbonyl (C=O) groups is 3. The Morgan fingerprint density at radius 3 is 2.66 bits per heavy atom. The fourth-order valence-corrected chi connectivity index (χ4v) is 5.73. The quantitative estimate of drug-likeness (QED) is 0.675. The van der Waals surface area contributed by atoms with Gasteiger partial charge in [0.25, 0.3) is 0 Å². The highest BCUT2D eigenvalue weighted by atomic mass is 16.4. The van der Waals surface area contributed by atoms with Crippen LogP contribution in [0.2, 0.25) is 0 Å². The molecule has 9 heteroatoms. The third-order valence-corrected chi connectivity index (χ3v) is 7.96. The summed E-state index contributed by atoms with van der Waals surface area (Å²) in [4.78, 5) is 42.4. The fourth-order valence-electron chi connectivity index (χ4n) is 5.73. The van der Waals surface area contributed by atoms with E-state index in [1.54, 1.807) is 11.9 Å². The predicted octanol–water partition coefficient (Wildman–Crippen LogP) is 3.16. The van der Waals surface area contributed by atoms with Crippen molar-refractivity contribution in [2.45, 2.75) is 51.0 Å². The average molecular weight is 478 g/mol. The van der Waals surface area contributed by atoms with E-state index in [2.05, 4.69) is 15.4 Å². The lowest BCUT2D eigenvalue weighted by Gasteiger charge is -2.25. The molecule has 2 saturated carbocycles. The number of rotatable bonds is 3. The normalized spacial score (nSPS) is 32.4. The van der Waals surface area contributed by atoms with Gasteiger partial charge in [-0.2, -0.15) is 4.80 Å². The Hall–Kier alpha value is -3.36. The number of hydrogen-bond acceptors (Lipinski definition) is 6. The van der Waals surface area contributed by atoms with E-state index in [0.717, 1.165) is 24.8 Å². The maximum Gasteiger partial charge on any atom is 0.310 e. The number of aromatic nitrogens is 4. The van der Waals surface area contributed by atoms with E-state index in [9.17, 15) is 19.5 Å². The minimum Gasteiger partial charge on any atom is -0.481 e. The van der Waals surface area contributed by atoms with Crippen LogP contribution in [0.4, 0.5) is 0 Å². The van der Waals surface area contributed by atoms with Crippen LogP contribution in [0.3, 0.4) is 0 Å². The van der Waals surface area contributed by atoms with Crippen LogP contribution in [-0.4, -0.2) is 61.5 Å². The van der Waals surface area contributed by atoms with Crippen LogP contribution in [0.5, 0.6) is 0 Å². The molecule has 0 spiro atoms. The summed E-state index contributed by atoms with van der Waals surface area (Å²) in [6.45, 7) is 0.636. The van der Waals surface area contributed by atoms with Crippen LogP contribution in [0, 0.1) is 23.2 Å². The average Bonchev–Trinajstić information content (AvgIpc) is 3.18. The van der Waals surface area contributed by atoms with E-state index in [1.807, 2.05) is 42.5 Å². The standard InChI is InChI=1S/C26H31N5O4/c1-30-12-8-3-2-7-11-18-15-26(18,25(34)35)16-22(32)20-13-19(14-21(20)24(30)33)31-28-23(27-29-31)17-9-5-4-6-10-17/h4-7,9-11,18-21H,2-3,8,12-16H2,1H3,(H,34,35)/b11-7-/t18-,19-,20-,21-,26-/m1/s1. The first-order chi connectivity index (χ1) is 16.9. The highest BCUT2D eigenvalue weighted by Crippen LogP contribution is 2.57. The molecule has 0 saturated heterocycles. The molecule has 2 aliphatic carbocycles. The molecule has 1 aliphatic heterocycles. The van der Waals surface area contributed by atoms with E-state index in [1.165, 1.54) is 4.80 Å². The van der Waals surface area contributed by atoms with E-state index in [-0.39, 0.29) is 30.1 Å². The van der Waals surface area contributed by atoms with Gasteiger partial charge in [0, 0.05) is 31.5 Å². The summed E-state index contributed by atoms with van der Waals surface area (Å²) < 4.78 is 0. The summed E-state index contributed by atoms with van der Waals surface area (Å²) in [7, 11) is 1.79. The van der Waals surface area contributed by atoms with E-state index in [4.69, 9.17) is 0 Å². The Labute approximate surface area is 204 Å². The number of carboxylic acid groups (broad SMARTS) is 1. The molecule has 1 aromatic heterocycles. The van der Waals surface area contributed by atoms with Gasteiger partial charge in [0.15, 0.2) is 0 Å². The van der Waals surface area contributed by atoms with Gasteiger partial charge in [0.2, 0.25) is 11.7 Å². The Morgan fingerprint density at radius 2 is 1.89 bits per heavy atom. The number of fused-ring (bicyclic) bond motifs is 2. The molecule has 1 N–H and O–H groups in total. The van der Waals surface area contributed by atoms with Gasteiger partial charge in [-0.25, -0.2) is 0 Å². The van der Waals surface area contributed by atoms with Crippen LogP contribution in [0.15, 0.2) is 42.5 Å². The molecule has 9 nitrogen and oxygen atoms in total. The van der Waals surface area contributed by atoms with Crippen LogP contribution in [0.25, 0.3) is 11.4 Å². The van der Waals surface area contributed by atoms with Gasteiger partial charge in [-0.1, -0.05) is 42.5 Å². The number of ketones is 1. The third-order valence-electron chi connectivity index (χ3n) is 7.96. The number of amides is 1. The van der Waals surface area contributed by atoms with E-state index >= 15 is 0 Å². The van der Waals surface area contributed by atoms with Gasteiger partial charge in [0.05, 0.1) is 17.4 Å². The third kappa shape index (κ3) is 4.51. The molecule has 1 amide bonds. The van der Waals surface area contributed by atoms with Gasteiger partial charge in [0.1, 0.15) is 5.78 Å². The zero-order valence-electron chi connectivity index (χ0n) is 19.9. The van der Waals surface area contributed by atoms with Crippen molar-refractivity contribution < 1.29 is 19.5 Å². The lowest BCUT2D eigenvalue weighted by molar-refractivity contribution is -0.147. The second-order valence-corrected chi connectivity index (χ2v) is 10.2. The molecular weight excluding hydrogens is 446 g/mol. The number of aliphatic carboxylic acids is 1. The maximum atomic E-state index is 13.5. The molecular formula is C26H31N5O4. The Balaban J connectivity index is 1.41. The highest BCUT2D eigenvalue weighted by Gasteiger charge is 2.61. The monoisotopic (exact) mass is 477 g/mol. The second kappa shape index (κ2) is 9.36. The van der Waals surface area contributed by atoms with Crippen LogP contribution in [0.1, 0.15) is 51.0 Å². The van der Waals surface area contributed by atoms with Gasteiger partial charge in [-0.3, -0.25) is 14.4 Å². The van der Waals surface area contributed by atoms with Crippen molar-refractivity contribution in [1.29, 1.82) is 0 Å². The van der Waals surface area contributed by atoms with Crippen molar-refractivity contribution in [3.63, 3.8) is 0 Å². The van der Waals surface area contributed by atoms with Crippen molar-refractivity contribution in [3.8, 4) is 11.4 Å². The lowest BCUT2D eigenvalue weighted by atomic mass is 9.84. The number of benzene rings is 1. The molecule has 5 rings (SSSR count). The molecule has 1 aromatic carbocycles. The summed E-state index contributed by atoms with van der Waals surface area (Å²) in [5, 5.41) is 22.9. The SMILES string of the molecule is CN1CCCC/C=C\[C@@H]2C[C@@]2(C(=O)O)CC(=O)[C@@H]2C[C@@H](n3nnc(-c4ccccc4)n3)C[C@H]2C1=O. The molecule has 184 valence electrons. The maximum absolute atomic E-state index is 13.5. The van der Waals surface area contributed by atoms with E-state index < -0.39 is 23.2 Å². The molecule has 2 aromatic rings. The summed E-state index contributed by atoms with van der Waals surface area (Å²) in [6.07, 6.45) is 7.93. The minimum absolute atomic E-state index is 0.0394. The van der Waals surface area contributed by atoms with Crippen LogP contribution < -0.4 is 0 Å². The highest BCUT2D eigenvalue weighted by molar-refractivity contribution is 5.93. The van der Waals surface area contributed by atoms with Gasteiger partial charge in [-0.05, 0) is 49.7 Å². The summed E-state index contributed by atoms with van der Waals surface area (Å²) in [5.74, 6) is -1.80. The van der Waals surface area contributed by atoms with Gasteiger partial charge in [-0.15, -0.1) is 10.2 Å². The number of allylic oxidation sites excluding steroid dienone is 2. The molecule has 2 fully saturated rings. The molecule has 3 aliphatic rings. The van der Waals surface area contributed by atoms with Crippen molar-refractivity contribution in [1.82, 2.24) is 25.1 Å². The largest absolute Gasteiger partial charge is 0.481 e. The molecule has 35 heavy (non-hydrogen) atoms. The zero-order valence-corrected chi connectivity index (χ0v) is 19.9. The molecule has 2 heterocycles. The summed E-state index contributed by atoms with van der Waals surface area (Å²) >= 11 is 0. The Bertz CT molecular complexity index is 1150. The summed E-state index contributed by atoms with van der Waals surface area (Å²) in [5.41, 5.74) is -0.195. The molecule has 5 atom stereocenters. The number of Topliss-reactive ketones (excluding diaryl/α,β-unsaturated/α-hetero) is 1. The van der Waals surface area contributed by atoms with Crippen molar-refractivity contribution in [2.75, 3.05) is 13.6 Å². The second-order valence-electron chi connectivity index (χ2n) is 10.2. The fraction of sp³-hybridized carbons (Fsp3) is 0.538. The minimum atomic E-state index is -1.04. The first kappa shape index (κ1) is 23.4. The number of carboxylic acids is 1. The Morgan fingerprint density at radius 1 is 1.11 bits per heavy atom. The number of carbonyl (C=O) groups excluding carboxylic acids is 2. The first-order valence-electron chi connectivity index (χ1n) is 12.4. The first-order valence-corrected chi connectivity index (χ1v) is 12.4. The number of tetrazole rings is 1. The predicted molar refractivity (Wildman–Crippen MR) is 127 cm³/mol. The van der Waals surface area contributed by atoms with Gasteiger partial charge < -0.3 is 10.0 Å². The topological polar surface area (TPSA) is 118 Å². The number of nitrogens with zero attached hydrogens (tertiary/aromatic N) is 5. The lowest BCUT2D eigenvalue weighted by Crippen LogP contribution is -2.38. The van der Waals surface area contributed by atoms with Crippen molar-refractivity contribution in [2.24, 2.45) is 23.2 Å². The molecule has 0 radical (unpaired) electrons. The Kier molecular flexibility index (Phi) is 6.25. The van der Waals surface area contributed by atoms with Crippen LogP contribution >= 0.6 is 0 Å². The summed E-state index contributed by atoms with van der Waals surface area (Å²) in [6, 6.07) is 9.28.